The van der Waals surface area contributed by atoms with E-state index in [4.69, 9.17) is 0 Å². The SMILES string of the molecule is O=C1CCC(CCC(=O)NC2Cc3cnccc3NC2=O)CN1. The van der Waals surface area contributed by atoms with E-state index in [9.17, 15) is 14.4 Å². The summed E-state index contributed by atoms with van der Waals surface area (Å²) in [6.45, 7) is 0.634. The van der Waals surface area contributed by atoms with E-state index in [0.717, 1.165) is 24.1 Å². The quantitative estimate of drug-likeness (QED) is 0.747. The van der Waals surface area contributed by atoms with Crippen molar-refractivity contribution in [2.75, 3.05) is 11.9 Å². The maximum Gasteiger partial charge on any atom is 0.247 e. The van der Waals surface area contributed by atoms with Crippen LogP contribution >= 0.6 is 0 Å². The Morgan fingerprint density at radius 2 is 2.26 bits per heavy atom. The van der Waals surface area contributed by atoms with Crippen molar-refractivity contribution < 1.29 is 14.4 Å². The molecule has 2 unspecified atom stereocenters. The third-order valence-corrected chi connectivity index (χ3v) is 4.38. The normalized spacial score (nSPS) is 23.5. The molecule has 1 aromatic rings. The Balaban J connectivity index is 1.48. The first kappa shape index (κ1) is 15.5. The number of fused-ring (bicyclic) bond motifs is 1. The van der Waals surface area contributed by atoms with E-state index in [1.54, 1.807) is 18.5 Å². The molecule has 1 aromatic heterocycles. The lowest BCUT2D eigenvalue weighted by Crippen LogP contribution is -2.47. The summed E-state index contributed by atoms with van der Waals surface area (Å²) in [5.41, 5.74) is 1.68. The van der Waals surface area contributed by atoms with Gasteiger partial charge in [0.05, 0.1) is 0 Å². The lowest BCUT2D eigenvalue weighted by Gasteiger charge is -2.26. The maximum absolute atomic E-state index is 12.1. The molecule has 7 nitrogen and oxygen atoms in total. The minimum absolute atomic E-state index is 0.0804. The van der Waals surface area contributed by atoms with E-state index < -0.39 is 6.04 Å². The first-order chi connectivity index (χ1) is 11.1. The number of pyridine rings is 1. The molecule has 0 aliphatic carbocycles. The van der Waals surface area contributed by atoms with Crippen molar-refractivity contribution in [1.82, 2.24) is 15.6 Å². The second-order valence-electron chi connectivity index (χ2n) is 6.09. The lowest BCUT2D eigenvalue weighted by molar-refractivity contribution is -0.127. The van der Waals surface area contributed by atoms with Gasteiger partial charge in [-0.15, -0.1) is 0 Å². The number of hydrogen-bond acceptors (Lipinski definition) is 4. The zero-order valence-electron chi connectivity index (χ0n) is 12.8. The van der Waals surface area contributed by atoms with Crippen molar-refractivity contribution in [2.45, 2.75) is 38.1 Å². The van der Waals surface area contributed by atoms with Crippen molar-refractivity contribution in [3.63, 3.8) is 0 Å². The Morgan fingerprint density at radius 3 is 3.04 bits per heavy atom. The van der Waals surface area contributed by atoms with Crippen LogP contribution in [0.4, 0.5) is 5.69 Å². The number of anilines is 1. The largest absolute Gasteiger partial charge is 0.356 e. The van der Waals surface area contributed by atoms with E-state index in [1.807, 2.05) is 0 Å². The molecular formula is C16H20N4O3. The van der Waals surface area contributed by atoms with Gasteiger partial charge < -0.3 is 16.0 Å². The molecule has 3 amide bonds. The fourth-order valence-corrected chi connectivity index (χ4v) is 2.99. The van der Waals surface area contributed by atoms with Crippen LogP contribution in [0.2, 0.25) is 0 Å². The zero-order valence-corrected chi connectivity index (χ0v) is 12.8. The first-order valence-corrected chi connectivity index (χ1v) is 7.91. The van der Waals surface area contributed by atoms with Crippen LogP contribution < -0.4 is 16.0 Å². The summed E-state index contributed by atoms with van der Waals surface area (Å²) in [6, 6.07) is 1.20. The number of carbonyl (C=O) groups is 3. The summed E-state index contributed by atoms with van der Waals surface area (Å²) >= 11 is 0. The second kappa shape index (κ2) is 6.76. The van der Waals surface area contributed by atoms with Crippen LogP contribution in [0.15, 0.2) is 18.5 Å². The fraction of sp³-hybridized carbons (Fsp3) is 0.500. The summed E-state index contributed by atoms with van der Waals surface area (Å²) in [5, 5.41) is 8.39. The van der Waals surface area contributed by atoms with Gasteiger partial charge in [0.2, 0.25) is 17.7 Å². The molecule has 0 aromatic carbocycles. The van der Waals surface area contributed by atoms with Gasteiger partial charge in [0, 0.05) is 43.9 Å². The molecule has 0 spiro atoms. The molecule has 0 saturated carbocycles. The third kappa shape index (κ3) is 3.85. The standard InChI is InChI=1S/C16H20N4O3/c21-14-3-1-10(8-18-14)2-4-15(22)19-13-7-11-9-17-6-5-12(11)20-16(13)23/h5-6,9-10,13H,1-4,7-8H2,(H,18,21)(H,19,22)(H,20,23). The van der Waals surface area contributed by atoms with Crippen LogP contribution in [-0.4, -0.2) is 35.3 Å². The molecular weight excluding hydrogens is 296 g/mol. The molecule has 122 valence electrons. The number of nitrogens with zero attached hydrogens (tertiary/aromatic N) is 1. The topological polar surface area (TPSA) is 100 Å². The minimum Gasteiger partial charge on any atom is -0.356 e. The molecule has 2 aliphatic rings. The van der Waals surface area contributed by atoms with E-state index >= 15 is 0 Å². The Bertz CT molecular complexity index is 622. The van der Waals surface area contributed by atoms with Crippen LogP contribution in [0.3, 0.4) is 0 Å². The number of carbonyl (C=O) groups excluding carboxylic acids is 3. The summed E-state index contributed by atoms with van der Waals surface area (Å²) in [5.74, 6) is 0.0942. The average molecular weight is 316 g/mol. The molecule has 3 N–H and O–H groups in total. The zero-order chi connectivity index (χ0) is 16.2. The molecule has 3 heterocycles. The fourth-order valence-electron chi connectivity index (χ4n) is 2.99. The van der Waals surface area contributed by atoms with Gasteiger partial charge in [-0.25, -0.2) is 0 Å². The molecule has 1 fully saturated rings. The number of hydrogen-bond donors (Lipinski definition) is 3. The number of aromatic nitrogens is 1. The molecule has 2 aliphatic heterocycles. The molecule has 3 rings (SSSR count). The van der Waals surface area contributed by atoms with Crippen LogP contribution in [0.1, 0.15) is 31.2 Å². The molecule has 0 radical (unpaired) electrons. The van der Waals surface area contributed by atoms with Gasteiger partial charge in [-0.05, 0) is 30.4 Å². The average Bonchev–Trinajstić information content (AvgIpc) is 2.55. The molecule has 0 bridgehead atoms. The van der Waals surface area contributed by atoms with Gasteiger partial charge in [0.1, 0.15) is 6.04 Å². The summed E-state index contributed by atoms with van der Waals surface area (Å²) in [7, 11) is 0. The number of piperidine rings is 1. The molecule has 1 saturated heterocycles. The highest BCUT2D eigenvalue weighted by Gasteiger charge is 2.27. The summed E-state index contributed by atoms with van der Waals surface area (Å²) < 4.78 is 0. The Hall–Kier alpha value is -2.44. The van der Waals surface area contributed by atoms with E-state index in [2.05, 4.69) is 20.9 Å². The smallest absolute Gasteiger partial charge is 0.247 e. The van der Waals surface area contributed by atoms with E-state index in [1.165, 1.54) is 0 Å². The monoisotopic (exact) mass is 316 g/mol. The Labute approximate surface area is 134 Å². The minimum atomic E-state index is -0.551. The van der Waals surface area contributed by atoms with Gasteiger partial charge in [-0.2, -0.15) is 0 Å². The molecule has 2 atom stereocenters. The van der Waals surface area contributed by atoms with Crippen molar-refractivity contribution in [3.05, 3.63) is 24.0 Å². The van der Waals surface area contributed by atoms with Gasteiger partial charge >= 0.3 is 0 Å². The van der Waals surface area contributed by atoms with Gasteiger partial charge in [-0.3, -0.25) is 19.4 Å². The second-order valence-corrected chi connectivity index (χ2v) is 6.09. The van der Waals surface area contributed by atoms with Crippen LogP contribution in [-0.2, 0) is 20.8 Å². The highest BCUT2D eigenvalue weighted by atomic mass is 16.2. The summed E-state index contributed by atoms with van der Waals surface area (Å²) in [6.07, 6.45) is 6.23. The van der Waals surface area contributed by atoms with E-state index in [0.29, 0.717) is 31.7 Å². The van der Waals surface area contributed by atoms with Crippen LogP contribution in [0, 0.1) is 5.92 Å². The van der Waals surface area contributed by atoms with Gasteiger partial charge in [-0.1, -0.05) is 0 Å². The Morgan fingerprint density at radius 1 is 1.39 bits per heavy atom. The molecule has 23 heavy (non-hydrogen) atoms. The van der Waals surface area contributed by atoms with Crippen molar-refractivity contribution in [1.29, 1.82) is 0 Å². The van der Waals surface area contributed by atoms with Gasteiger partial charge in [0.15, 0.2) is 0 Å². The van der Waals surface area contributed by atoms with Crippen molar-refractivity contribution in [2.24, 2.45) is 5.92 Å². The maximum atomic E-state index is 12.1. The summed E-state index contributed by atoms with van der Waals surface area (Å²) in [4.78, 5) is 39.3. The number of amides is 3. The number of nitrogens with one attached hydrogen (secondary N) is 3. The molecule has 7 heteroatoms. The van der Waals surface area contributed by atoms with Crippen LogP contribution in [0.5, 0.6) is 0 Å². The lowest BCUT2D eigenvalue weighted by atomic mass is 9.94. The third-order valence-electron chi connectivity index (χ3n) is 4.38. The predicted molar refractivity (Wildman–Crippen MR) is 83.5 cm³/mol. The first-order valence-electron chi connectivity index (χ1n) is 7.91. The van der Waals surface area contributed by atoms with Crippen LogP contribution in [0.25, 0.3) is 0 Å². The van der Waals surface area contributed by atoms with Gasteiger partial charge in [0.25, 0.3) is 0 Å². The highest BCUT2D eigenvalue weighted by Crippen LogP contribution is 2.21. The predicted octanol–water partition coefficient (Wildman–Crippen LogP) is 0.367. The number of rotatable bonds is 4. The van der Waals surface area contributed by atoms with E-state index in [-0.39, 0.29) is 17.7 Å². The Kier molecular flexibility index (Phi) is 4.55. The van der Waals surface area contributed by atoms with Crippen molar-refractivity contribution in [3.8, 4) is 0 Å². The highest BCUT2D eigenvalue weighted by molar-refractivity contribution is 5.99. The van der Waals surface area contributed by atoms with Crippen molar-refractivity contribution >= 4 is 23.4 Å².